The number of aromatic nitrogens is 2. The van der Waals surface area contributed by atoms with Crippen LogP contribution in [0.25, 0.3) is 16.6 Å². The summed E-state index contributed by atoms with van der Waals surface area (Å²) < 4.78 is 12.2. The SMILES string of the molecule is COc1ccc(CNC(=O)c2ccc3c(=O)n(-c4cccc(OC)c4)c(N4CCCC4)nc3c2)cc1. The summed E-state index contributed by atoms with van der Waals surface area (Å²) in [5.41, 5.74) is 2.42. The fourth-order valence-corrected chi connectivity index (χ4v) is 4.45. The van der Waals surface area contributed by atoms with Crippen LogP contribution in [0.3, 0.4) is 0 Å². The molecule has 8 heteroatoms. The van der Waals surface area contributed by atoms with Crippen LogP contribution in [0.15, 0.2) is 71.5 Å². The van der Waals surface area contributed by atoms with Crippen LogP contribution >= 0.6 is 0 Å². The zero-order valence-electron chi connectivity index (χ0n) is 20.4. The predicted molar refractivity (Wildman–Crippen MR) is 140 cm³/mol. The van der Waals surface area contributed by atoms with Gasteiger partial charge in [-0.05, 0) is 60.9 Å². The van der Waals surface area contributed by atoms with E-state index in [1.807, 2.05) is 48.5 Å². The maximum Gasteiger partial charge on any atom is 0.267 e. The lowest BCUT2D eigenvalue weighted by Gasteiger charge is -2.22. The fraction of sp³-hybridized carbons (Fsp3) is 0.250. The van der Waals surface area contributed by atoms with E-state index in [2.05, 4.69) is 10.2 Å². The molecule has 0 radical (unpaired) electrons. The molecular weight excluding hydrogens is 456 g/mol. The first-order chi connectivity index (χ1) is 17.6. The fourth-order valence-electron chi connectivity index (χ4n) is 4.45. The van der Waals surface area contributed by atoms with E-state index in [9.17, 15) is 9.59 Å². The smallest absolute Gasteiger partial charge is 0.267 e. The molecule has 2 heterocycles. The van der Waals surface area contributed by atoms with Gasteiger partial charge in [0.25, 0.3) is 11.5 Å². The average Bonchev–Trinajstić information content (AvgIpc) is 3.46. The van der Waals surface area contributed by atoms with E-state index in [4.69, 9.17) is 14.5 Å². The summed E-state index contributed by atoms with van der Waals surface area (Å²) in [7, 11) is 3.22. The highest BCUT2D eigenvalue weighted by Gasteiger charge is 2.22. The summed E-state index contributed by atoms with van der Waals surface area (Å²) in [4.78, 5) is 33.6. The number of hydrogen-bond donors (Lipinski definition) is 1. The van der Waals surface area contributed by atoms with Crippen LogP contribution in [-0.4, -0.2) is 42.8 Å². The molecule has 5 rings (SSSR count). The minimum atomic E-state index is -0.228. The molecule has 0 saturated carbocycles. The molecule has 1 saturated heterocycles. The molecule has 0 unspecified atom stereocenters. The third kappa shape index (κ3) is 4.62. The van der Waals surface area contributed by atoms with Crippen molar-refractivity contribution in [3.8, 4) is 17.2 Å². The van der Waals surface area contributed by atoms with Crippen LogP contribution in [-0.2, 0) is 6.54 Å². The average molecular weight is 485 g/mol. The van der Waals surface area contributed by atoms with Gasteiger partial charge in [-0.3, -0.25) is 9.59 Å². The Morgan fingerprint density at radius 3 is 2.42 bits per heavy atom. The van der Waals surface area contributed by atoms with E-state index in [0.717, 1.165) is 37.2 Å². The van der Waals surface area contributed by atoms with Crippen molar-refractivity contribution in [1.29, 1.82) is 0 Å². The maximum atomic E-state index is 13.7. The normalized spacial score (nSPS) is 13.1. The summed E-state index contributed by atoms with van der Waals surface area (Å²) in [6, 6.07) is 20.0. The summed E-state index contributed by atoms with van der Waals surface area (Å²) in [5, 5.41) is 3.39. The van der Waals surface area contributed by atoms with Crippen molar-refractivity contribution in [1.82, 2.24) is 14.9 Å². The second-order valence-electron chi connectivity index (χ2n) is 8.71. The van der Waals surface area contributed by atoms with Crippen LogP contribution in [0.4, 0.5) is 5.95 Å². The van der Waals surface area contributed by atoms with Crippen molar-refractivity contribution in [2.45, 2.75) is 19.4 Å². The number of amides is 1. The number of fused-ring (bicyclic) bond motifs is 1. The first-order valence-corrected chi connectivity index (χ1v) is 11.9. The predicted octanol–water partition coefficient (Wildman–Crippen LogP) is 3.93. The van der Waals surface area contributed by atoms with Gasteiger partial charge in [-0.1, -0.05) is 18.2 Å². The van der Waals surface area contributed by atoms with E-state index in [1.54, 1.807) is 37.0 Å². The largest absolute Gasteiger partial charge is 0.497 e. The van der Waals surface area contributed by atoms with E-state index in [0.29, 0.717) is 40.4 Å². The zero-order chi connectivity index (χ0) is 25.1. The molecule has 1 N–H and O–H groups in total. The molecule has 3 aromatic carbocycles. The second-order valence-corrected chi connectivity index (χ2v) is 8.71. The van der Waals surface area contributed by atoms with Gasteiger partial charge in [0.2, 0.25) is 5.95 Å². The van der Waals surface area contributed by atoms with Crippen molar-refractivity contribution in [2.75, 3.05) is 32.2 Å². The number of nitrogens with one attached hydrogen (secondary N) is 1. The van der Waals surface area contributed by atoms with Crippen molar-refractivity contribution < 1.29 is 14.3 Å². The number of carbonyl (C=O) groups excluding carboxylic acids is 1. The van der Waals surface area contributed by atoms with Crippen molar-refractivity contribution in [2.24, 2.45) is 0 Å². The number of carbonyl (C=O) groups is 1. The van der Waals surface area contributed by atoms with Gasteiger partial charge < -0.3 is 19.7 Å². The molecule has 0 atom stereocenters. The summed E-state index contributed by atoms with van der Waals surface area (Å²) >= 11 is 0. The van der Waals surface area contributed by atoms with Crippen LogP contribution in [0, 0.1) is 0 Å². The third-order valence-electron chi connectivity index (χ3n) is 6.43. The Morgan fingerprint density at radius 1 is 0.944 bits per heavy atom. The first kappa shape index (κ1) is 23.4. The van der Waals surface area contributed by atoms with Gasteiger partial charge in [0.15, 0.2) is 0 Å². The molecule has 8 nitrogen and oxygen atoms in total. The number of methoxy groups -OCH3 is 2. The third-order valence-corrected chi connectivity index (χ3v) is 6.43. The Bertz CT molecular complexity index is 1460. The Morgan fingerprint density at radius 2 is 1.69 bits per heavy atom. The van der Waals surface area contributed by atoms with Gasteiger partial charge in [-0.25, -0.2) is 9.55 Å². The monoisotopic (exact) mass is 484 g/mol. The topological polar surface area (TPSA) is 85.7 Å². The van der Waals surface area contributed by atoms with Crippen LogP contribution in [0.2, 0.25) is 0 Å². The number of ether oxygens (including phenoxy) is 2. The molecule has 4 aromatic rings. The molecule has 0 aliphatic carbocycles. The molecule has 1 aromatic heterocycles. The maximum absolute atomic E-state index is 13.7. The van der Waals surface area contributed by atoms with Crippen LogP contribution in [0.1, 0.15) is 28.8 Å². The van der Waals surface area contributed by atoms with Crippen LogP contribution < -0.4 is 25.2 Å². The summed E-state index contributed by atoms with van der Waals surface area (Å²) in [5.74, 6) is 1.78. The first-order valence-electron chi connectivity index (χ1n) is 11.9. The molecule has 0 spiro atoms. The lowest BCUT2D eigenvalue weighted by molar-refractivity contribution is 0.0951. The minimum absolute atomic E-state index is 0.180. The van der Waals surface area contributed by atoms with Gasteiger partial charge in [0.05, 0.1) is 30.8 Å². The van der Waals surface area contributed by atoms with Crippen molar-refractivity contribution in [3.63, 3.8) is 0 Å². The van der Waals surface area contributed by atoms with Gasteiger partial charge >= 0.3 is 0 Å². The van der Waals surface area contributed by atoms with E-state index in [-0.39, 0.29) is 11.5 Å². The Balaban J connectivity index is 1.50. The second kappa shape index (κ2) is 10.1. The quantitative estimate of drug-likeness (QED) is 0.428. The van der Waals surface area contributed by atoms with E-state index in [1.165, 1.54) is 0 Å². The highest BCUT2D eigenvalue weighted by molar-refractivity contribution is 5.97. The number of nitrogens with zero attached hydrogens (tertiary/aromatic N) is 3. The molecule has 1 fully saturated rings. The van der Waals surface area contributed by atoms with Gasteiger partial charge in [-0.15, -0.1) is 0 Å². The lowest BCUT2D eigenvalue weighted by Crippen LogP contribution is -2.30. The van der Waals surface area contributed by atoms with Crippen molar-refractivity contribution in [3.05, 3.63) is 88.2 Å². The zero-order valence-corrected chi connectivity index (χ0v) is 20.4. The number of hydrogen-bond acceptors (Lipinski definition) is 6. The summed E-state index contributed by atoms with van der Waals surface area (Å²) in [6.07, 6.45) is 2.08. The highest BCUT2D eigenvalue weighted by Crippen LogP contribution is 2.25. The van der Waals surface area contributed by atoms with E-state index < -0.39 is 0 Å². The molecule has 1 amide bonds. The molecule has 0 bridgehead atoms. The Hall–Kier alpha value is -4.33. The number of rotatable bonds is 7. The Kier molecular flexibility index (Phi) is 6.58. The molecule has 1 aliphatic heterocycles. The van der Waals surface area contributed by atoms with E-state index >= 15 is 0 Å². The lowest BCUT2D eigenvalue weighted by atomic mass is 10.1. The van der Waals surface area contributed by atoms with Crippen molar-refractivity contribution >= 4 is 22.8 Å². The standard InChI is InChI=1S/C28H28N4O4/c1-35-22-11-8-19(9-12-22)18-29-26(33)20-10-13-24-25(16-20)30-28(31-14-3-4-15-31)32(27(24)34)21-6-5-7-23(17-21)36-2/h5-13,16-17H,3-4,14-15,18H2,1-2H3,(H,29,33). The van der Waals surface area contributed by atoms with Gasteiger partial charge in [0, 0.05) is 31.3 Å². The molecular formula is C28H28N4O4. The highest BCUT2D eigenvalue weighted by atomic mass is 16.5. The van der Waals surface area contributed by atoms with Gasteiger partial charge in [-0.2, -0.15) is 0 Å². The molecule has 1 aliphatic rings. The Labute approximate surface area is 209 Å². The minimum Gasteiger partial charge on any atom is -0.497 e. The van der Waals surface area contributed by atoms with Gasteiger partial charge in [0.1, 0.15) is 11.5 Å². The number of anilines is 1. The molecule has 184 valence electrons. The summed E-state index contributed by atoms with van der Waals surface area (Å²) in [6.45, 7) is 2.03. The number of benzene rings is 3. The van der Waals surface area contributed by atoms with Crippen LogP contribution in [0.5, 0.6) is 11.5 Å². The molecule has 36 heavy (non-hydrogen) atoms.